The van der Waals surface area contributed by atoms with Gasteiger partial charge in [0.1, 0.15) is 11.0 Å². The smallest absolute Gasteiger partial charge is 0.314 e. The molecule has 6 nitrogen and oxygen atoms in total. The summed E-state index contributed by atoms with van der Waals surface area (Å²) in [4.78, 5) is 12.0. The molecule has 0 spiro atoms. The summed E-state index contributed by atoms with van der Waals surface area (Å²) in [5, 5.41) is 4.70. The third-order valence-electron chi connectivity index (χ3n) is 3.50. The Kier molecular flexibility index (Phi) is 6.50. The van der Waals surface area contributed by atoms with E-state index in [-0.39, 0.29) is 17.2 Å². The van der Waals surface area contributed by atoms with E-state index in [4.69, 9.17) is 16.0 Å². The van der Waals surface area contributed by atoms with Crippen molar-refractivity contribution in [1.29, 1.82) is 0 Å². The standard InChI is InChI=1S/C17H21ClN2O4S/c1-12(2)10-19-17(21)20-11-16(15-4-3-9-24-15)25(22,23)14-7-5-13(18)6-8-14/h3-9,12,16H,10-11H2,1-2H3,(H2,19,20,21). The second-order valence-electron chi connectivity index (χ2n) is 5.99. The van der Waals surface area contributed by atoms with Gasteiger partial charge in [-0.05, 0) is 42.3 Å². The van der Waals surface area contributed by atoms with Crippen molar-refractivity contribution < 1.29 is 17.6 Å². The minimum atomic E-state index is -3.76. The third-order valence-corrected chi connectivity index (χ3v) is 5.83. The van der Waals surface area contributed by atoms with Crippen LogP contribution >= 0.6 is 11.6 Å². The van der Waals surface area contributed by atoms with Crippen molar-refractivity contribution >= 4 is 27.5 Å². The maximum atomic E-state index is 12.9. The molecular weight excluding hydrogens is 364 g/mol. The van der Waals surface area contributed by atoms with Gasteiger partial charge in [0.05, 0.1) is 11.2 Å². The molecule has 136 valence electrons. The van der Waals surface area contributed by atoms with Gasteiger partial charge in [0, 0.05) is 18.1 Å². The summed E-state index contributed by atoms with van der Waals surface area (Å²) in [5.74, 6) is 0.559. The van der Waals surface area contributed by atoms with E-state index in [1.54, 1.807) is 12.1 Å². The number of amides is 2. The molecule has 0 saturated heterocycles. The molecule has 0 saturated carbocycles. The summed E-state index contributed by atoms with van der Waals surface area (Å²) >= 11 is 5.83. The minimum absolute atomic E-state index is 0.109. The number of hydrogen-bond acceptors (Lipinski definition) is 4. The van der Waals surface area contributed by atoms with E-state index in [1.165, 1.54) is 30.5 Å². The number of hydrogen-bond donors (Lipinski definition) is 2. The van der Waals surface area contributed by atoms with Crippen molar-refractivity contribution in [3.05, 3.63) is 53.4 Å². The highest BCUT2D eigenvalue weighted by Gasteiger charge is 2.31. The van der Waals surface area contributed by atoms with E-state index >= 15 is 0 Å². The van der Waals surface area contributed by atoms with Crippen LogP contribution in [0.25, 0.3) is 0 Å². The van der Waals surface area contributed by atoms with E-state index in [1.807, 2.05) is 13.8 Å². The lowest BCUT2D eigenvalue weighted by Gasteiger charge is -2.17. The number of nitrogens with one attached hydrogen (secondary N) is 2. The highest BCUT2D eigenvalue weighted by molar-refractivity contribution is 7.91. The molecule has 25 heavy (non-hydrogen) atoms. The second kappa shape index (κ2) is 8.40. The first-order valence-electron chi connectivity index (χ1n) is 7.85. The molecule has 0 radical (unpaired) electrons. The Bertz CT molecular complexity index is 787. The maximum absolute atomic E-state index is 12.9. The van der Waals surface area contributed by atoms with Gasteiger partial charge in [0.15, 0.2) is 9.84 Å². The van der Waals surface area contributed by atoms with Crippen LogP contribution in [0.3, 0.4) is 0 Å². The number of rotatable bonds is 7. The Balaban J connectivity index is 2.19. The molecular formula is C17H21ClN2O4S. The van der Waals surface area contributed by atoms with Crippen LogP contribution in [0.15, 0.2) is 52.0 Å². The Hall–Kier alpha value is -1.99. The predicted octanol–water partition coefficient (Wildman–Crippen LogP) is 3.40. The van der Waals surface area contributed by atoms with Crippen LogP contribution in [0.4, 0.5) is 4.79 Å². The zero-order valence-corrected chi connectivity index (χ0v) is 15.6. The first kappa shape index (κ1) is 19.3. The Labute approximate surface area is 152 Å². The molecule has 2 amide bonds. The summed E-state index contributed by atoms with van der Waals surface area (Å²) in [5.41, 5.74) is 0. The van der Waals surface area contributed by atoms with Gasteiger partial charge in [-0.1, -0.05) is 25.4 Å². The quantitative estimate of drug-likeness (QED) is 0.765. The zero-order valence-electron chi connectivity index (χ0n) is 14.0. The second-order valence-corrected chi connectivity index (χ2v) is 8.55. The first-order valence-corrected chi connectivity index (χ1v) is 9.77. The van der Waals surface area contributed by atoms with E-state index in [0.717, 1.165) is 0 Å². The molecule has 2 aromatic rings. The number of halogens is 1. The lowest BCUT2D eigenvalue weighted by atomic mass is 10.2. The molecule has 8 heteroatoms. The number of sulfone groups is 1. The van der Waals surface area contributed by atoms with Crippen molar-refractivity contribution in [3.63, 3.8) is 0 Å². The number of benzene rings is 1. The highest BCUT2D eigenvalue weighted by Crippen LogP contribution is 2.29. The van der Waals surface area contributed by atoms with E-state index in [0.29, 0.717) is 17.5 Å². The summed E-state index contributed by atoms with van der Waals surface area (Å²) in [6, 6.07) is 8.66. The largest absolute Gasteiger partial charge is 0.468 e. The molecule has 0 aliphatic rings. The van der Waals surface area contributed by atoms with Gasteiger partial charge in [0.25, 0.3) is 0 Å². The van der Waals surface area contributed by atoms with Crippen LogP contribution in [0.1, 0.15) is 24.9 Å². The predicted molar refractivity (Wildman–Crippen MR) is 96.3 cm³/mol. The molecule has 1 atom stereocenters. The lowest BCUT2D eigenvalue weighted by molar-refractivity contribution is 0.239. The van der Waals surface area contributed by atoms with Crippen LogP contribution in [0.5, 0.6) is 0 Å². The Morgan fingerprint density at radius 3 is 2.32 bits per heavy atom. The molecule has 1 heterocycles. The van der Waals surface area contributed by atoms with Gasteiger partial charge in [-0.15, -0.1) is 0 Å². The topological polar surface area (TPSA) is 88.4 Å². The summed E-state index contributed by atoms with van der Waals surface area (Å²) in [6.07, 6.45) is 1.40. The molecule has 0 bridgehead atoms. The maximum Gasteiger partial charge on any atom is 0.314 e. The highest BCUT2D eigenvalue weighted by atomic mass is 35.5. The van der Waals surface area contributed by atoms with Gasteiger partial charge in [-0.3, -0.25) is 0 Å². The van der Waals surface area contributed by atoms with Crippen molar-refractivity contribution in [2.24, 2.45) is 5.92 Å². The average molecular weight is 385 g/mol. The fourth-order valence-corrected chi connectivity index (χ4v) is 3.88. The molecule has 2 rings (SSSR count). The molecule has 0 aliphatic carbocycles. The van der Waals surface area contributed by atoms with Crippen LogP contribution in [0, 0.1) is 5.92 Å². The summed E-state index contributed by atoms with van der Waals surface area (Å²) < 4.78 is 31.2. The average Bonchev–Trinajstić information content (AvgIpc) is 3.07. The summed E-state index contributed by atoms with van der Waals surface area (Å²) in [6.45, 7) is 4.33. The SMILES string of the molecule is CC(C)CNC(=O)NCC(c1ccco1)S(=O)(=O)c1ccc(Cl)cc1. The van der Waals surface area contributed by atoms with E-state index in [2.05, 4.69) is 10.6 Å². The van der Waals surface area contributed by atoms with Crippen molar-refractivity contribution in [1.82, 2.24) is 10.6 Å². The molecule has 0 aliphatic heterocycles. The van der Waals surface area contributed by atoms with Gasteiger partial charge in [-0.25, -0.2) is 13.2 Å². The Morgan fingerprint density at radius 2 is 1.76 bits per heavy atom. The normalized spacial score (nSPS) is 12.8. The molecule has 0 fully saturated rings. The fourth-order valence-electron chi connectivity index (χ4n) is 2.17. The van der Waals surface area contributed by atoms with Gasteiger partial charge in [0.2, 0.25) is 0 Å². The number of urea groups is 1. The van der Waals surface area contributed by atoms with E-state index < -0.39 is 21.1 Å². The molecule has 2 N–H and O–H groups in total. The summed E-state index contributed by atoms with van der Waals surface area (Å²) in [7, 11) is -3.76. The van der Waals surface area contributed by atoms with Crippen molar-refractivity contribution in [2.45, 2.75) is 24.0 Å². The minimum Gasteiger partial charge on any atom is -0.468 e. The van der Waals surface area contributed by atoms with Crippen LogP contribution in [-0.2, 0) is 9.84 Å². The van der Waals surface area contributed by atoms with Crippen molar-refractivity contribution in [3.8, 4) is 0 Å². The monoisotopic (exact) mass is 384 g/mol. The fraction of sp³-hybridized carbons (Fsp3) is 0.353. The first-order chi connectivity index (χ1) is 11.8. The molecule has 1 aromatic carbocycles. The lowest BCUT2D eigenvalue weighted by Crippen LogP contribution is -2.40. The number of furan rings is 1. The van der Waals surface area contributed by atoms with E-state index in [9.17, 15) is 13.2 Å². The van der Waals surface area contributed by atoms with Crippen LogP contribution < -0.4 is 10.6 Å². The Morgan fingerprint density at radius 1 is 1.12 bits per heavy atom. The van der Waals surface area contributed by atoms with Gasteiger partial charge in [-0.2, -0.15) is 0 Å². The van der Waals surface area contributed by atoms with Gasteiger partial charge >= 0.3 is 6.03 Å². The number of carbonyl (C=O) groups is 1. The van der Waals surface area contributed by atoms with Crippen LogP contribution in [-0.4, -0.2) is 27.5 Å². The third kappa shape index (κ3) is 5.24. The van der Waals surface area contributed by atoms with Crippen molar-refractivity contribution in [2.75, 3.05) is 13.1 Å². The molecule has 1 unspecified atom stereocenters. The number of carbonyl (C=O) groups excluding carboxylic acids is 1. The van der Waals surface area contributed by atoms with Crippen LogP contribution in [0.2, 0.25) is 5.02 Å². The van der Waals surface area contributed by atoms with Gasteiger partial charge < -0.3 is 15.1 Å². The zero-order chi connectivity index (χ0) is 18.4. The molecule has 1 aromatic heterocycles.